The summed E-state index contributed by atoms with van der Waals surface area (Å²) in [4.78, 5) is 11.7. The Kier molecular flexibility index (Phi) is 7.56. The number of nitrogens with one attached hydrogen (secondary N) is 1. The second kappa shape index (κ2) is 10.6. The molecule has 0 saturated carbocycles. The fourth-order valence-corrected chi connectivity index (χ4v) is 4.50. The molecule has 1 aliphatic heterocycles. The molecule has 4 N–H and O–H groups in total. The van der Waals surface area contributed by atoms with Crippen LogP contribution in [-0.2, 0) is 7.05 Å². The van der Waals surface area contributed by atoms with Crippen LogP contribution in [0.25, 0.3) is 28.2 Å². The van der Waals surface area contributed by atoms with Gasteiger partial charge in [0.25, 0.3) is 0 Å². The van der Waals surface area contributed by atoms with Gasteiger partial charge in [0.1, 0.15) is 6.10 Å². The van der Waals surface area contributed by atoms with Crippen LogP contribution in [0.3, 0.4) is 0 Å². The van der Waals surface area contributed by atoms with Gasteiger partial charge < -0.3 is 15.6 Å². The Labute approximate surface area is 211 Å². The summed E-state index contributed by atoms with van der Waals surface area (Å²) in [7, 11) is 1.89. The van der Waals surface area contributed by atoms with E-state index in [2.05, 4.69) is 41.0 Å². The maximum Gasteiger partial charge on any atom is 0.221 e. The highest BCUT2D eigenvalue weighted by Gasteiger charge is 2.24. The van der Waals surface area contributed by atoms with Gasteiger partial charge in [-0.05, 0) is 52.8 Å². The average Bonchev–Trinajstić information content (AvgIpc) is 3.34. The van der Waals surface area contributed by atoms with Crippen LogP contribution in [0.15, 0.2) is 34.6 Å². The highest BCUT2D eigenvalue weighted by molar-refractivity contribution is 6.05. The number of nitrogens with zero attached hydrogens (tertiary/aromatic N) is 6. The van der Waals surface area contributed by atoms with Crippen molar-refractivity contribution in [2.45, 2.75) is 46.8 Å². The van der Waals surface area contributed by atoms with Crippen molar-refractivity contribution >= 4 is 22.7 Å². The molecule has 10 heteroatoms. The Bertz CT molecular complexity index is 1330. The van der Waals surface area contributed by atoms with Crippen LogP contribution in [-0.4, -0.2) is 79.1 Å². The molecular formula is C26H36N8O2. The minimum absolute atomic E-state index is 0.0340. The smallest absolute Gasteiger partial charge is 0.221 e. The van der Waals surface area contributed by atoms with E-state index in [1.165, 1.54) is 0 Å². The van der Waals surface area contributed by atoms with Crippen molar-refractivity contribution < 1.29 is 9.84 Å². The number of aryl methyl sites for hydroxylation is 2. The monoisotopic (exact) mass is 492 g/mol. The minimum atomic E-state index is -0.139. The third-order valence-electron chi connectivity index (χ3n) is 6.34. The molecule has 0 saturated heterocycles. The molecule has 1 atom stereocenters. The predicted molar refractivity (Wildman–Crippen MR) is 143 cm³/mol. The van der Waals surface area contributed by atoms with E-state index < -0.39 is 0 Å². The fourth-order valence-electron chi connectivity index (χ4n) is 4.50. The van der Waals surface area contributed by atoms with E-state index >= 15 is 0 Å². The summed E-state index contributed by atoms with van der Waals surface area (Å²) in [6, 6.07) is 2.24. The van der Waals surface area contributed by atoms with E-state index in [4.69, 9.17) is 20.4 Å². The zero-order chi connectivity index (χ0) is 26.0. The number of rotatable bonds is 3. The Hall–Kier alpha value is -3.50. The van der Waals surface area contributed by atoms with Gasteiger partial charge >= 0.3 is 0 Å². The average molecular weight is 493 g/mol. The molecule has 36 heavy (non-hydrogen) atoms. The van der Waals surface area contributed by atoms with Gasteiger partial charge in [-0.2, -0.15) is 10.2 Å². The third-order valence-corrected chi connectivity index (χ3v) is 6.34. The topological polar surface area (TPSA) is 130 Å². The molecule has 0 amide bonds. The van der Waals surface area contributed by atoms with Crippen molar-refractivity contribution in [1.29, 1.82) is 0 Å². The van der Waals surface area contributed by atoms with Gasteiger partial charge in [0.15, 0.2) is 0 Å². The van der Waals surface area contributed by atoms with Crippen LogP contribution < -0.4 is 10.5 Å². The highest BCUT2D eigenvalue weighted by atomic mass is 16.5. The second-order valence-corrected chi connectivity index (χ2v) is 9.55. The minimum Gasteiger partial charge on any atom is -0.473 e. The molecule has 10 nitrogen and oxygen atoms in total. The second-order valence-electron chi connectivity index (χ2n) is 9.55. The Morgan fingerprint density at radius 3 is 2.83 bits per heavy atom. The molecule has 3 aromatic heterocycles. The largest absolute Gasteiger partial charge is 0.473 e. The lowest BCUT2D eigenvalue weighted by molar-refractivity contribution is 0.128. The molecule has 0 fully saturated rings. The summed E-state index contributed by atoms with van der Waals surface area (Å²) in [5, 5.41) is 22.6. The van der Waals surface area contributed by atoms with E-state index in [1.54, 1.807) is 10.9 Å². The lowest BCUT2D eigenvalue weighted by Crippen LogP contribution is -2.42. The normalized spacial score (nSPS) is 20.9. The van der Waals surface area contributed by atoms with Crippen molar-refractivity contribution in [2.24, 2.45) is 17.8 Å². The lowest BCUT2D eigenvalue weighted by atomic mass is 10.0. The molecule has 0 aromatic carbocycles. The molecule has 1 aliphatic rings. The summed E-state index contributed by atoms with van der Waals surface area (Å²) in [5.74, 6) is 0.679. The number of aliphatic imine (C=N–C) groups is 1. The van der Waals surface area contributed by atoms with Gasteiger partial charge in [-0.25, -0.2) is 4.68 Å². The van der Waals surface area contributed by atoms with Crippen LogP contribution >= 0.6 is 0 Å². The summed E-state index contributed by atoms with van der Waals surface area (Å²) in [6.07, 6.45) is 5.55. The molecule has 0 spiro atoms. The molecule has 4 heterocycles. The molecule has 0 radical (unpaired) electrons. The van der Waals surface area contributed by atoms with E-state index in [9.17, 15) is 5.11 Å². The lowest BCUT2D eigenvalue weighted by Gasteiger charge is -2.30. The third kappa shape index (κ3) is 5.19. The SMILES string of the molecule is C/C(N)=C1\C=C\c2n[nH]c3cnc(cc23)-c2c(C)nn(C)c2OC(C)CN(C(C)C)CC1=NCCO. The van der Waals surface area contributed by atoms with Crippen molar-refractivity contribution in [3.05, 3.63) is 41.0 Å². The number of hydrogen-bond donors (Lipinski definition) is 3. The maximum atomic E-state index is 9.49. The Balaban J connectivity index is 1.93. The number of fused-ring (bicyclic) bond motifs is 3. The maximum absolute atomic E-state index is 9.49. The summed E-state index contributed by atoms with van der Waals surface area (Å²) in [6.45, 7) is 11.7. The van der Waals surface area contributed by atoms with Crippen LogP contribution in [0, 0.1) is 6.92 Å². The molecule has 2 bridgehead atoms. The number of pyridine rings is 1. The van der Waals surface area contributed by atoms with E-state index in [0.717, 1.165) is 44.8 Å². The first-order valence-electron chi connectivity index (χ1n) is 12.3. The summed E-state index contributed by atoms with van der Waals surface area (Å²) in [5.41, 5.74) is 12.7. The van der Waals surface area contributed by atoms with E-state index in [1.807, 2.05) is 39.1 Å². The summed E-state index contributed by atoms with van der Waals surface area (Å²) >= 11 is 0. The fraction of sp³-hybridized carbons (Fsp3) is 0.462. The van der Waals surface area contributed by atoms with Gasteiger partial charge in [0.05, 0.1) is 53.2 Å². The number of aliphatic hydroxyl groups is 1. The number of ether oxygens (including phenoxy) is 1. The summed E-state index contributed by atoms with van der Waals surface area (Å²) < 4.78 is 8.28. The number of aliphatic hydroxyl groups excluding tert-OH is 1. The quantitative estimate of drug-likeness (QED) is 0.512. The number of hydrogen-bond acceptors (Lipinski definition) is 8. The molecule has 1 unspecified atom stereocenters. The zero-order valence-corrected chi connectivity index (χ0v) is 21.9. The zero-order valence-electron chi connectivity index (χ0n) is 21.9. The number of allylic oxidation sites excluding steroid dienone is 2. The molecule has 0 aliphatic carbocycles. The molecular weight excluding hydrogens is 456 g/mol. The molecule has 192 valence electrons. The van der Waals surface area contributed by atoms with Crippen molar-refractivity contribution in [2.75, 3.05) is 26.2 Å². The predicted octanol–water partition coefficient (Wildman–Crippen LogP) is 2.84. The van der Waals surface area contributed by atoms with Crippen molar-refractivity contribution in [3.63, 3.8) is 0 Å². The first-order chi connectivity index (χ1) is 17.2. The van der Waals surface area contributed by atoms with E-state index in [0.29, 0.717) is 31.2 Å². The van der Waals surface area contributed by atoms with Gasteiger partial charge in [-0.1, -0.05) is 0 Å². The molecule has 3 aromatic rings. The van der Waals surface area contributed by atoms with Gasteiger partial charge in [0.2, 0.25) is 5.88 Å². The first kappa shape index (κ1) is 25.6. The van der Waals surface area contributed by atoms with Crippen LogP contribution in [0.2, 0.25) is 0 Å². The van der Waals surface area contributed by atoms with Gasteiger partial charge in [-0.15, -0.1) is 0 Å². The Morgan fingerprint density at radius 2 is 2.14 bits per heavy atom. The highest BCUT2D eigenvalue weighted by Crippen LogP contribution is 2.34. The van der Waals surface area contributed by atoms with Crippen LogP contribution in [0.5, 0.6) is 5.88 Å². The molecule has 4 rings (SSSR count). The standard InChI is InChI=1S/C26H36N8O2/c1-15(2)34-13-16(3)36-26-25(18(5)32-33(26)6)22-11-20-21(30-31-23(20)12-29-22)8-7-19(17(4)27)24(14-34)28-9-10-35/h7-8,11-12,15-16,35H,9-10,13-14,27H2,1-6H3,(H,30,31)/b8-7+,19-17-,28-24?. The van der Waals surface area contributed by atoms with E-state index in [-0.39, 0.29) is 18.8 Å². The number of H-pyrrole nitrogens is 1. The number of nitrogens with two attached hydrogens (primary N) is 1. The van der Waals surface area contributed by atoms with Crippen molar-refractivity contribution in [3.8, 4) is 17.1 Å². The Morgan fingerprint density at radius 1 is 1.36 bits per heavy atom. The van der Waals surface area contributed by atoms with Gasteiger partial charge in [0, 0.05) is 42.8 Å². The van der Waals surface area contributed by atoms with Gasteiger partial charge in [-0.3, -0.25) is 20.0 Å². The number of aromatic amines is 1. The first-order valence-corrected chi connectivity index (χ1v) is 12.3. The number of aromatic nitrogens is 5. The van der Waals surface area contributed by atoms with Crippen LogP contribution in [0.1, 0.15) is 39.1 Å². The van der Waals surface area contributed by atoms with Crippen LogP contribution in [0.4, 0.5) is 0 Å². The van der Waals surface area contributed by atoms with Crippen molar-refractivity contribution in [1.82, 2.24) is 29.9 Å².